The number of amides is 1. The zero-order chi connectivity index (χ0) is 20.3. The maximum absolute atomic E-state index is 12.9. The minimum absolute atomic E-state index is 0.0309. The van der Waals surface area contributed by atoms with Gasteiger partial charge in [0.1, 0.15) is 0 Å². The van der Waals surface area contributed by atoms with Gasteiger partial charge in [-0.2, -0.15) is 5.10 Å². The molecule has 1 aliphatic heterocycles. The molecule has 148 valence electrons. The van der Waals surface area contributed by atoms with Crippen LogP contribution < -0.4 is 0 Å². The fourth-order valence-corrected chi connectivity index (χ4v) is 3.90. The van der Waals surface area contributed by atoms with Crippen molar-refractivity contribution in [3.63, 3.8) is 0 Å². The summed E-state index contributed by atoms with van der Waals surface area (Å²) in [5.74, 6) is 0.0309. The van der Waals surface area contributed by atoms with Gasteiger partial charge in [0.15, 0.2) is 0 Å². The van der Waals surface area contributed by atoms with Gasteiger partial charge in [-0.05, 0) is 35.2 Å². The molecule has 4 aromatic rings. The molecule has 0 aliphatic carbocycles. The van der Waals surface area contributed by atoms with Crippen LogP contribution in [0.4, 0.5) is 0 Å². The van der Waals surface area contributed by atoms with E-state index in [0.717, 1.165) is 24.2 Å². The molecule has 0 bridgehead atoms. The van der Waals surface area contributed by atoms with E-state index in [1.165, 1.54) is 16.7 Å². The lowest BCUT2D eigenvalue weighted by atomic mass is 9.99. The van der Waals surface area contributed by atoms with Gasteiger partial charge in [-0.3, -0.25) is 14.5 Å². The first-order valence-electron chi connectivity index (χ1n) is 10.2. The molecule has 30 heavy (non-hydrogen) atoms. The van der Waals surface area contributed by atoms with Gasteiger partial charge >= 0.3 is 0 Å². The molecule has 0 fully saturated rings. The van der Waals surface area contributed by atoms with Crippen LogP contribution in [-0.4, -0.2) is 32.1 Å². The van der Waals surface area contributed by atoms with Crippen molar-refractivity contribution in [2.45, 2.75) is 19.5 Å². The van der Waals surface area contributed by atoms with Crippen molar-refractivity contribution in [2.24, 2.45) is 0 Å². The summed E-state index contributed by atoms with van der Waals surface area (Å²) in [6.07, 6.45) is 6.37. The van der Waals surface area contributed by atoms with Gasteiger partial charge in [-0.25, -0.2) is 0 Å². The Morgan fingerprint density at radius 1 is 0.900 bits per heavy atom. The summed E-state index contributed by atoms with van der Waals surface area (Å²) in [5.41, 5.74) is 6.14. The van der Waals surface area contributed by atoms with Crippen LogP contribution in [0.15, 0.2) is 85.3 Å². The third-order valence-corrected chi connectivity index (χ3v) is 5.54. The largest absolute Gasteiger partial charge is 0.334 e. The molecule has 0 saturated carbocycles. The van der Waals surface area contributed by atoms with E-state index in [9.17, 15) is 4.79 Å². The summed E-state index contributed by atoms with van der Waals surface area (Å²) in [6, 6.07) is 22.3. The Hall–Kier alpha value is -3.73. The molecule has 5 heteroatoms. The molecule has 0 N–H and O–H groups in total. The van der Waals surface area contributed by atoms with Crippen LogP contribution in [0.1, 0.15) is 27.0 Å². The van der Waals surface area contributed by atoms with Crippen molar-refractivity contribution < 1.29 is 4.79 Å². The Morgan fingerprint density at radius 2 is 1.70 bits per heavy atom. The highest BCUT2D eigenvalue weighted by Gasteiger charge is 2.21. The van der Waals surface area contributed by atoms with Crippen molar-refractivity contribution in [1.29, 1.82) is 0 Å². The highest BCUT2D eigenvalue weighted by molar-refractivity contribution is 5.94. The van der Waals surface area contributed by atoms with E-state index in [1.807, 2.05) is 58.4 Å². The minimum Gasteiger partial charge on any atom is -0.334 e. The van der Waals surface area contributed by atoms with Gasteiger partial charge in [-0.15, -0.1) is 0 Å². The van der Waals surface area contributed by atoms with Crippen molar-refractivity contribution >= 4 is 5.91 Å². The van der Waals surface area contributed by atoms with E-state index >= 15 is 0 Å². The van der Waals surface area contributed by atoms with E-state index in [2.05, 4.69) is 40.4 Å². The van der Waals surface area contributed by atoms with Crippen molar-refractivity contribution in [2.75, 3.05) is 6.54 Å². The number of hydrogen-bond donors (Lipinski definition) is 0. The predicted octanol–water partition coefficient (Wildman–Crippen LogP) is 4.19. The van der Waals surface area contributed by atoms with Crippen LogP contribution in [-0.2, 0) is 19.5 Å². The summed E-state index contributed by atoms with van der Waals surface area (Å²) >= 11 is 0. The SMILES string of the molecule is O=C(c1ccc(-c2cnn(Cc3ccccc3)c2)nc1)N1CCc2ccccc2C1. The molecule has 0 saturated heterocycles. The number of hydrogen-bond acceptors (Lipinski definition) is 3. The number of carbonyl (C=O) groups is 1. The minimum atomic E-state index is 0.0309. The lowest BCUT2D eigenvalue weighted by Crippen LogP contribution is -2.35. The Balaban J connectivity index is 1.28. The average molecular weight is 394 g/mol. The van der Waals surface area contributed by atoms with E-state index < -0.39 is 0 Å². The smallest absolute Gasteiger partial charge is 0.255 e. The molecule has 0 radical (unpaired) electrons. The Kier molecular flexibility index (Phi) is 4.85. The second-order valence-corrected chi connectivity index (χ2v) is 7.59. The molecule has 5 nitrogen and oxygen atoms in total. The zero-order valence-corrected chi connectivity index (χ0v) is 16.6. The van der Waals surface area contributed by atoms with Crippen molar-refractivity contribution in [1.82, 2.24) is 19.7 Å². The molecule has 0 unspecified atom stereocenters. The second-order valence-electron chi connectivity index (χ2n) is 7.59. The van der Waals surface area contributed by atoms with E-state index in [-0.39, 0.29) is 5.91 Å². The lowest BCUT2D eigenvalue weighted by Gasteiger charge is -2.28. The number of nitrogens with zero attached hydrogens (tertiary/aromatic N) is 4. The Labute approximate surface area is 175 Å². The van der Waals surface area contributed by atoms with Gasteiger partial charge in [0.2, 0.25) is 0 Å². The zero-order valence-electron chi connectivity index (χ0n) is 16.6. The maximum atomic E-state index is 12.9. The molecule has 0 atom stereocenters. The third-order valence-electron chi connectivity index (χ3n) is 5.54. The van der Waals surface area contributed by atoms with Gasteiger partial charge in [0.25, 0.3) is 5.91 Å². The number of pyridine rings is 1. The quantitative estimate of drug-likeness (QED) is 0.521. The predicted molar refractivity (Wildman–Crippen MR) is 116 cm³/mol. The summed E-state index contributed by atoms with van der Waals surface area (Å²) in [4.78, 5) is 19.4. The van der Waals surface area contributed by atoms with Crippen LogP contribution in [0.3, 0.4) is 0 Å². The first-order valence-corrected chi connectivity index (χ1v) is 10.2. The Morgan fingerprint density at radius 3 is 2.50 bits per heavy atom. The molecule has 2 aromatic heterocycles. The fraction of sp³-hybridized carbons (Fsp3) is 0.160. The molecule has 2 aromatic carbocycles. The normalized spacial score (nSPS) is 13.1. The first kappa shape index (κ1) is 18.3. The van der Waals surface area contributed by atoms with Crippen molar-refractivity contribution in [3.8, 4) is 11.3 Å². The van der Waals surface area contributed by atoms with E-state index in [0.29, 0.717) is 18.7 Å². The topological polar surface area (TPSA) is 51.0 Å². The second kappa shape index (κ2) is 7.95. The fourth-order valence-electron chi connectivity index (χ4n) is 3.90. The van der Waals surface area contributed by atoms with Gasteiger partial charge in [0, 0.05) is 31.0 Å². The number of carbonyl (C=O) groups excluding carboxylic acids is 1. The highest BCUT2D eigenvalue weighted by atomic mass is 16.2. The molecular formula is C25H22N4O. The number of fused-ring (bicyclic) bond motifs is 1. The van der Waals surface area contributed by atoms with Crippen LogP contribution in [0.5, 0.6) is 0 Å². The first-order chi connectivity index (χ1) is 14.8. The van der Waals surface area contributed by atoms with Crippen LogP contribution in [0.2, 0.25) is 0 Å². The molecule has 5 rings (SSSR count). The third kappa shape index (κ3) is 3.74. The molecule has 3 heterocycles. The van der Waals surface area contributed by atoms with Crippen molar-refractivity contribution in [3.05, 3.63) is 108 Å². The summed E-state index contributed by atoms with van der Waals surface area (Å²) < 4.78 is 1.90. The molecule has 0 spiro atoms. The monoisotopic (exact) mass is 394 g/mol. The molecule has 1 aliphatic rings. The van der Waals surface area contributed by atoms with Gasteiger partial charge in [0.05, 0.1) is 24.0 Å². The molecule has 1 amide bonds. The van der Waals surface area contributed by atoms with Crippen LogP contribution >= 0.6 is 0 Å². The van der Waals surface area contributed by atoms with Crippen LogP contribution in [0, 0.1) is 0 Å². The van der Waals surface area contributed by atoms with E-state index in [1.54, 1.807) is 6.20 Å². The number of rotatable bonds is 4. The van der Waals surface area contributed by atoms with Gasteiger partial charge < -0.3 is 4.90 Å². The Bertz CT molecular complexity index is 1170. The maximum Gasteiger partial charge on any atom is 0.255 e. The summed E-state index contributed by atoms with van der Waals surface area (Å²) in [6.45, 7) is 2.11. The summed E-state index contributed by atoms with van der Waals surface area (Å²) in [5, 5.41) is 4.44. The lowest BCUT2D eigenvalue weighted by molar-refractivity contribution is 0.0734. The number of benzene rings is 2. The number of aromatic nitrogens is 3. The van der Waals surface area contributed by atoms with Crippen LogP contribution in [0.25, 0.3) is 11.3 Å². The highest BCUT2D eigenvalue weighted by Crippen LogP contribution is 2.21. The van der Waals surface area contributed by atoms with E-state index in [4.69, 9.17) is 0 Å². The standard InChI is InChI=1S/C25H22N4O/c30-25(28-13-12-20-8-4-5-9-22(20)17-28)21-10-11-24(26-14-21)23-15-27-29(18-23)16-19-6-2-1-3-7-19/h1-11,14-15,18H,12-13,16-17H2. The summed E-state index contributed by atoms with van der Waals surface area (Å²) in [7, 11) is 0. The average Bonchev–Trinajstić information content (AvgIpc) is 3.27. The van der Waals surface area contributed by atoms with Gasteiger partial charge in [-0.1, -0.05) is 54.6 Å². The molecular weight excluding hydrogens is 372 g/mol.